The molecular formula is C41H45ClN4O6. The number of carboxylic acids is 1. The van der Waals surface area contributed by atoms with Crippen LogP contribution in [-0.2, 0) is 29.1 Å². The molecule has 2 aliphatic carbocycles. The Balaban J connectivity index is 1.08. The maximum atomic E-state index is 11.7. The number of ketones is 1. The first-order valence-corrected chi connectivity index (χ1v) is 18.4. The van der Waals surface area contributed by atoms with E-state index in [0.29, 0.717) is 79.8 Å². The SMILES string of the molecule is COc1nc(-c2cccc(-c3cccc4c3CC[C@@H]4Oc3nc(OC)c(CN4CC[C@@H](C(=O)O)C4)cc3Cl)c2C)ccc1CNC[C@@H]1CCC(=O)C1. The molecular weight excluding hydrogens is 680 g/mol. The van der Waals surface area contributed by atoms with Gasteiger partial charge >= 0.3 is 5.97 Å². The van der Waals surface area contributed by atoms with E-state index in [2.05, 4.69) is 70.7 Å². The lowest BCUT2D eigenvalue weighted by Crippen LogP contribution is -2.23. The van der Waals surface area contributed by atoms with Gasteiger partial charge in [-0.15, -0.1) is 0 Å². The zero-order valence-electron chi connectivity index (χ0n) is 29.9. The van der Waals surface area contributed by atoms with E-state index >= 15 is 0 Å². The number of benzene rings is 2. The van der Waals surface area contributed by atoms with Crippen molar-refractivity contribution in [2.24, 2.45) is 11.8 Å². The Morgan fingerprint density at radius 2 is 1.71 bits per heavy atom. The van der Waals surface area contributed by atoms with Crippen LogP contribution in [0.1, 0.15) is 66.0 Å². The van der Waals surface area contributed by atoms with Gasteiger partial charge in [-0.05, 0) is 91.6 Å². The normalized spacial score (nSPS) is 19.9. The van der Waals surface area contributed by atoms with Crippen LogP contribution in [0.2, 0.25) is 5.02 Å². The number of likely N-dealkylation sites (tertiary alicyclic amines) is 1. The van der Waals surface area contributed by atoms with Crippen molar-refractivity contribution in [1.29, 1.82) is 0 Å². The number of nitrogens with one attached hydrogen (secondary N) is 1. The highest BCUT2D eigenvalue weighted by Gasteiger charge is 2.31. The van der Waals surface area contributed by atoms with Gasteiger partial charge in [-0.25, -0.2) is 4.98 Å². The second-order valence-electron chi connectivity index (χ2n) is 14.1. The Morgan fingerprint density at radius 3 is 2.46 bits per heavy atom. The van der Waals surface area contributed by atoms with Gasteiger partial charge in [0.05, 0.1) is 25.8 Å². The first-order valence-electron chi connectivity index (χ1n) is 18.1. The van der Waals surface area contributed by atoms with Crippen molar-refractivity contribution in [3.63, 3.8) is 0 Å². The highest BCUT2D eigenvalue weighted by Crippen LogP contribution is 2.43. The Kier molecular flexibility index (Phi) is 10.8. The molecule has 0 amide bonds. The van der Waals surface area contributed by atoms with Crippen LogP contribution in [0, 0.1) is 18.8 Å². The molecule has 4 aromatic rings. The van der Waals surface area contributed by atoms with Gasteiger partial charge in [-0.3, -0.25) is 14.5 Å². The molecule has 2 fully saturated rings. The maximum absolute atomic E-state index is 11.7. The Hall–Kier alpha value is -4.51. The Bertz CT molecular complexity index is 1990. The molecule has 52 heavy (non-hydrogen) atoms. The highest BCUT2D eigenvalue weighted by atomic mass is 35.5. The van der Waals surface area contributed by atoms with Gasteiger partial charge in [-0.2, -0.15) is 4.98 Å². The van der Waals surface area contributed by atoms with Crippen LogP contribution in [-0.4, -0.2) is 65.6 Å². The van der Waals surface area contributed by atoms with E-state index < -0.39 is 5.97 Å². The summed E-state index contributed by atoms with van der Waals surface area (Å²) in [6, 6.07) is 18.7. The van der Waals surface area contributed by atoms with Crippen LogP contribution in [0.15, 0.2) is 54.6 Å². The van der Waals surface area contributed by atoms with Crippen LogP contribution in [0.25, 0.3) is 22.4 Å². The summed E-state index contributed by atoms with van der Waals surface area (Å²) in [4.78, 5) is 34.8. The third-order valence-electron chi connectivity index (χ3n) is 10.8. The van der Waals surface area contributed by atoms with E-state index in [0.717, 1.165) is 64.9 Å². The third kappa shape index (κ3) is 7.51. The van der Waals surface area contributed by atoms with E-state index in [4.69, 9.17) is 30.8 Å². The van der Waals surface area contributed by atoms with Crippen molar-refractivity contribution in [3.8, 4) is 40.0 Å². The first kappa shape index (κ1) is 35.9. The zero-order chi connectivity index (χ0) is 36.4. The lowest BCUT2D eigenvalue weighted by molar-refractivity contribution is -0.141. The summed E-state index contributed by atoms with van der Waals surface area (Å²) < 4.78 is 17.9. The molecule has 0 unspecified atom stereocenters. The summed E-state index contributed by atoms with van der Waals surface area (Å²) in [6.07, 6.45) is 4.34. The Labute approximate surface area is 309 Å². The van der Waals surface area contributed by atoms with Crippen LogP contribution in [0.4, 0.5) is 0 Å². The summed E-state index contributed by atoms with van der Waals surface area (Å²) in [5.74, 6) is 0.981. The summed E-state index contributed by atoms with van der Waals surface area (Å²) >= 11 is 6.75. The molecule has 3 heterocycles. The van der Waals surface area contributed by atoms with E-state index in [9.17, 15) is 14.7 Å². The van der Waals surface area contributed by atoms with Gasteiger partial charge in [0.1, 0.15) is 16.9 Å². The fourth-order valence-electron chi connectivity index (χ4n) is 8.02. The first-order chi connectivity index (χ1) is 25.2. The van der Waals surface area contributed by atoms with Gasteiger partial charge in [0.15, 0.2) is 0 Å². The molecule has 0 spiro atoms. The number of ether oxygens (including phenoxy) is 3. The number of halogens is 1. The molecule has 0 radical (unpaired) electrons. The minimum absolute atomic E-state index is 0.227. The minimum Gasteiger partial charge on any atom is -0.481 e. The zero-order valence-corrected chi connectivity index (χ0v) is 30.7. The van der Waals surface area contributed by atoms with Crippen LogP contribution in [0.3, 0.4) is 0 Å². The minimum atomic E-state index is -0.764. The van der Waals surface area contributed by atoms with Crippen LogP contribution in [0.5, 0.6) is 17.6 Å². The predicted octanol–water partition coefficient (Wildman–Crippen LogP) is 7.22. The fraction of sp³-hybridized carbons (Fsp3) is 0.415. The summed E-state index contributed by atoms with van der Waals surface area (Å²) in [5.41, 5.74) is 9.46. The molecule has 7 rings (SSSR count). The van der Waals surface area contributed by atoms with E-state index in [1.165, 1.54) is 11.1 Å². The number of rotatable bonds is 13. The molecule has 2 aromatic carbocycles. The number of carboxylic acid groups (broad SMARTS) is 1. The second-order valence-corrected chi connectivity index (χ2v) is 14.5. The molecule has 11 heteroatoms. The number of aliphatic carboxylic acids is 1. The van der Waals surface area contributed by atoms with Gasteiger partial charge in [0.25, 0.3) is 0 Å². The monoisotopic (exact) mass is 724 g/mol. The molecule has 2 N–H and O–H groups in total. The largest absolute Gasteiger partial charge is 0.481 e. The average molecular weight is 725 g/mol. The van der Waals surface area contributed by atoms with E-state index in [-0.39, 0.29) is 12.0 Å². The van der Waals surface area contributed by atoms with E-state index in [1.807, 2.05) is 6.07 Å². The number of nitrogens with zero attached hydrogens (tertiary/aromatic N) is 3. The van der Waals surface area contributed by atoms with Crippen molar-refractivity contribution in [2.45, 2.75) is 64.6 Å². The van der Waals surface area contributed by atoms with Gasteiger partial charge in [0, 0.05) is 49.2 Å². The molecule has 2 aromatic heterocycles. The predicted molar refractivity (Wildman–Crippen MR) is 199 cm³/mol. The van der Waals surface area contributed by atoms with Crippen molar-refractivity contribution >= 4 is 23.4 Å². The van der Waals surface area contributed by atoms with Gasteiger partial charge in [-0.1, -0.05) is 54.1 Å². The highest BCUT2D eigenvalue weighted by molar-refractivity contribution is 6.31. The van der Waals surface area contributed by atoms with Crippen molar-refractivity contribution in [1.82, 2.24) is 20.2 Å². The van der Waals surface area contributed by atoms with Crippen molar-refractivity contribution in [3.05, 3.63) is 87.4 Å². The quantitative estimate of drug-likeness (QED) is 0.146. The summed E-state index contributed by atoms with van der Waals surface area (Å²) in [5, 5.41) is 13.3. The summed E-state index contributed by atoms with van der Waals surface area (Å²) in [6.45, 7) is 5.26. The fourth-order valence-corrected chi connectivity index (χ4v) is 8.24. The topological polar surface area (TPSA) is 123 Å². The van der Waals surface area contributed by atoms with Gasteiger partial charge in [0.2, 0.25) is 17.6 Å². The van der Waals surface area contributed by atoms with Gasteiger partial charge < -0.3 is 24.6 Å². The number of hydrogen-bond donors (Lipinski definition) is 2. The van der Waals surface area contributed by atoms with E-state index in [1.54, 1.807) is 14.2 Å². The molecule has 272 valence electrons. The molecule has 1 saturated carbocycles. The average Bonchev–Trinajstić information content (AvgIpc) is 3.90. The number of carbonyl (C=O) groups excluding carboxylic acids is 1. The number of aromatic nitrogens is 2. The molecule has 3 aliphatic rings. The number of pyridine rings is 2. The molecule has 1 saturated heterocycles. The molecule has 10 nitrogen and oxygen atoms in total. The number of methoxy groups -OCH3 is 2. The third-order valence-corrected chi connectivity index (χ3v) is 11.1. The number of hydrogen-bond acceptors (Lipinski definition) is 9. The summed E-state index contributed by atoms with van der Waals surface area (Å²) in [7, 11) is 3.22. The van der Waals surface area contributed by atoms with Crippen molar-refractivity contribution < 1.29 is 28.9 Å². The van der Waals surface area contributed by atoms with Crippen LogP contribution < -0.4 is 19.5 Å². The number of carbonyl (C=O) groups is 2. The standard InChI is InChI=1S/C41H45ClN4O6/c1-24-30(6-4-7-31(24)36-14-11-26(38(44-36)50-2)21-43-20-25-10-12-29(47)18-25)32-8-5-9-34-33(32)13-15-37(34)52-40-35(42)19-28(39(45-40)51-3)23-46-17-16-27(22-46)41(48)49/h4-9,11,14,19,25,27,37,43H,10,12-13,15-18,20-23H2,1-3H3,(H,48,49)/t25-,27-,37+/m1/s1. The van der Waals surface area contributed by atoms with Crippen molar-refractivity contribution in [2.75, 3.05) is 33.9 Å². The molecule has 0 bridgehead atoms. The number of Topliss-reactive ketones (excluding diaryl/α,β-unsaturated/α-hetero) is 1. The van der Waals surface area contributed by atoms with Crippen LogP contribution >= 0.6 is 11.6 Å². The smallest absolute Gasteiger partial charge is 0.307 e. The maximum Gasteiger partial charge on any atom is 0.307 e. The number of fused-ring (bicyclic) bond motifs is 1. The second kappa shape index (κ2) is 15.6. The Morgan fingerprint density at radius 1 is 0.942 bits per heavy atom. The lowest BCUT2D eigenvalue weighted by Gasteiger charge is -2.20. The molecule has 1 aliphatic heterocycles. The lowest BCUT2D eigenvalue weighted by atomic mass is 9.90. The molecule has 3 atom stereocenters.